The first-order chi connectivity index (χ1) is 7.33. The quantitative estimate of drug-likeness (QED) is 0.724. The van der Waals surface area contributed by atoms with E-state index in [9.17, 15) is 0 Å². The van der Waals surface area contributed by atoms with E-state index in [1.807, 2.05) is 0 Å². The summed E-state index contributed by atoms with van der Waals surface area (Å²) < 4.78 is 0. The van der Waals surface area contributed by atoms with Gasteiger partial charge in [0.1, 0.15) is 0 Å². The highest BCUT2D eigenvalue weighted by atomic mass is 15.3. The van der Waals surface area contributed by atoms with Crippen LogP contribution in [-0.4, -0.2) is 54.1 Å². The van der Waals surface area contributed by atoms with Crippen molar-refractivity contribution in [2.24, 2.45) is 5.73 Å². The monoisotopic (exact) mass is 209 g/mol. The van der Waals surface area contributed by atoms with Gasteiger partial charge in [0.05, 0.1) is 0 Å². The zero-order chi connectivity index (χ0) is 10.3. The zero-order valence-electron chi connectivity index (χ0n) is 9.57. The Morgan fingerprint density at radius 1 is 0.733 bits per heavy atom. The molecule has 2 N–H and O–H groups in total. The molecule has 0 bridgehead atoms. The Morgan fingerprint density at radius 3 is 1.73 bits per heavy atom. The molecule has 1 saturated heterocycles. The van der Waals surface area contributed by atoms with Crippen LogP contribution in [-0.2, 0) is 0 Å². The molecule has 3 heteroatoms. The molecule has 1 aliphatic heterocycles. The summed E-state index contributed by atoms with van der Waals surface area (Å²) in [4.78, 5) is 5.37. The van der Waals surface area contributed by atoms with Crippen molar-refractivity contribution in [2.75, 3.05) is 26.2 Å². The largest absolute Gasteiger partial charge is 0.328 e. The lowest BCUT2D eigenvalue weighted by Gasteiger charge is -2.38. The van der Waals surface area contributed by atoms with Gasteiger partial charge in [-0.25, -0.2) is 0 Å². The lowest BCUT2D eigenvalue weighted by Crippen LogP contribution is -2.50. The molecule has 86 valence electrons. The van der Waals surface area contributed by atoms with Gasteiger partial charge in [0.25, 0.3) is 0 Å². The summed E-state index contributed by atoms with van der Waals surface area (Å²) in [7, 11) is 0. The molecule has 1 heterocycles. The fourth-order valence-corrected chi connectivity index (χ4v) is 3.23. The molecule has 2 aliphatic carbocycles. The molecule has 3 rings (SSSR count). The standard InChI is InChI=1S/C12H23N3/c13-10-1-2-12(9-10)15-7-5-14(6-8-15)11-3-4-11/h10-12H,1-9,13H2. The third-order valence-corrected chi connectivity index (χ3v) is 4.37. The Kier molecular flexibility index (Phi) is 2.71. The van der Waals surface area contributed by atoms with Crippen molar-refractivity contribution < 1.29 is 0 Å². The predicted octanol–water partition coefficient (Wildman–Crippen LogP) is 0.646. The fourth-order valence-electron chi connectivity index (χ4n) is 3.23. The molecular weight excluding hydrogens is 186 g/mol. The number of hydrogen-bond acceptors (Lipinski definition) is 3. The first-order valence-electron chi connectivity index (χ1n) is 6.56. The molecular formula is C12H23N3. The van der Waals surface area contributed by atoms with Crippen LogP contribution in [0, 0.1) is 0 Å². The van der Waals surface area contributed by atoms with Crippen LogP contribution >= 0.6 is 0 Å². The smallest absolute Gasteiger partial charge is 0.0113 e. The summed E-state index contributed by atoms with van der Waals surface area (Å²) in [6.07, 6.45) is 6.73. The van der Waals surface area contributed by atoms with Crippen LogP contribution in [0.25, 0.3) is 0 Å². The highest BCUT2D eigenvalue weighted by Gasteiger charge is 2.34. The van der Waals surface area contributed by atoms with Gasteiger partial charge in [0, 0.05) is 44.3 Å². The minimum absolute atomic E-state index is 0.483. The van der Waals surface area contributed by atoms with E-state index in [-0.39, 0.29) is 0 Å². The van der Waals surface area contributed by atoms with Crippen LogP contribution in [0.4, 0.5) is 0 Å². The molecule has 2 atom stereocenters. The number of rotatable bonds is 2. The maximum Gasteiger partial charge on any atom is 0.0113 e. The number of nitrogens with two attached hydrogens (primary N) is 1. The van der Waals surface area contributed by atoms with Gasteiger partial charge in [0.15, 0.2) is 0 Å². The molecule has 0 amide bonds. The van der Waals surface area contributed by atoms with Crippen LogP contribution in [0.15, 0.2) is 0 Å². The van der Waals surface area contributed by atoms with Crippen molar-refractivity contribution in [1.29, 1.82) is 0 Å². The molecule has 3 nitrogen and oxygen atoms in total. The maximum absolute atomic E-state index is 5.98. The number of nitrogens with zero attached hydrogens (tertiary/aromatic N) is 2. The summed E-state index contributed by atoms with van der Waals surface area (Å²) in [5.74, 6) is 0. The zero-order valence-corrected chi connectivity index (χ0v) is 9.57. The third kappa shape index (κ3) is 2.19. The van der Waals surface area contributed by atoms with E-state index in [1.54, 1.807) is 0 Å². The summed E-state index contributed by atoms with van der Waals surface area (Å²) in [5.41, 5.74) is 5.98. The fraction of sp³-hybridized carbons (Fsp3) is 1.00. The summed E-state index contributed by atoms with van der Waals surface area (Å²) in [6.45, 7) is 5.18. The van der Waals surface area contributed by atoms with Gasteiger partial charge >= 0.3 is 0 Å². The van der Waals surface area contributed by atoms with Gasteiger partial charge in [0.2, 0.25) is 0 Å². The highest BCUT2D eigenvalue weighted by molar-refractivity contribution is 4.91. The van der Waals surface area contributed by atoms with E-state index < -0.39 is 0 Å². The van der Waals surface area contributed by atoms with E-state index in [2.05, 4.69) is 9.80 Å². The second-order valence-corrected chi connectivity index (χ2v) is 5.53. The molecule has 0 aromatic rings. The molecule has 15 heavy (non-hydrogen) atoms. The second-order valence-electron chi connectivity index (χ2n) is 5.53. The second kappa shape index (κ2) is 4.04. The van der Waals surface area contributed by atoms with Gasteiger partial charge in [-0.05, 0) is 32.1 Å². The Hall–Kier alpha value is -0.120. The molecule has 3 aliphatic rings. The molecule has 0 spiro atoms. The third-order valence-electron chi connectivity index (χ3n) is 4.37. The molecule has 0 aromatic heterocycles. The van der Waals surface area contributed by atoms with Crippen molar-refractivity contribution >= 4 is 0 Å². The summed E-state index contributed by atoms with van der Waals surface area (Å²) >= 11 is 0. The molecule has 3 fully saturated rings. The average molecular weight is 209 g/mol. The summed E-state index contributed by atoms with van der Waals surface area (Å²) in [5, 5.41) is 0. The van der Waals surface area contributed by atoms with Crippen LogP contribution in [0.3, 0.4) is 0 Å². The number of hydrogen-bond donors (Lipinski definition) is 1. The van der Waals surface area contributed by atoms with Gasteiger partial charge < -0.3 is 5.73 Å². The lowest BCUT2D eigenvalue weighted by molar-refractivity contribution is 0.0928. The van der Waals surface area contributed by atoms with Gasteiger partial charge in [-0.2, -0.15) is 0 Å². The van der Waals surface area contributed by atoms with Gasteiger partial charge in [-0.15, -0.1) is 0 Å². The average Bonchev–Trinajstić information content (AvgIpc) is 3.02. The molecule has 0 aromatic carbocycles. The summed E-state index contributed by atoms with van der Waals surface area (Å²) in [6, 6.07) is 2.25. The van der Waals surface area contributed by atoms with E-state index in [0.29, 0.717) is 6.04 Å². The molecule has 2 unspecified atom stereocenters. The number of piperazine rings is 1. The minimum Gasteiger partial charge on any atom is -0.328 e. The molecule has 2 saturated carbocycles. The highest BCUT2D eigenvalue weighted by Crippen LogP contribution is 2.29. The first-order valence-corrected chi connectivity index (χ1v) is 6.56. The van der Waals surface area contributed by atoms with Crippen LogP contribution in [0.1, 0.15) is 32.1 Å². The SMILES string of the molecule is NC1CCC(N2CCN(C3CC3)CC2)C1. The molecule has 0 radical (unpaired) electrons. The van der Waals surface area contributed by atoms with Crippen LogP contribution in [0.2, 0.25) is 0 Å². The lowest BCUT2D eigenvalue weighted by atomic mass is 10.1. The Bertz CT molecular complexity index is 219. The van der Waals surface area contributed by atoms with Crippen molar-refractivity contribution in [3.8, 4) is 0 Å². The Morgan fingerprint density at radius 2 is 1.27 bits per heavy atom. The van der Waals surface area contributed by atoms with E-state index in [0.717, 1.165) is 12.1 Å². The first kappa shape index (κ1) is 10.1. The maximum atomic E-state index is 5.98. The van der Waals surface area contributed by atoms with E-state index in [4.69, 9.17) is 5.73 Å². The minimum atomic E-state index is 0.483. The van der Waals surface area contributed by atoms with Crippen molar-refractivity contribution in [1.82, 2.24) is 9.80 Å². The topological polar surface area (TPSA) is 32.5 Å². The van der Waals surface area contributed by atoms with Crippen molar-refractivity contribution in [3.63, 3.8) is 0 Å². The van der Waals surface area contributed by atoms with Crippen molar-refractivity contribution in [3.05, 3.63) is 0 Å². The van der Waals surface area contributed by atoms with Gasteiger partial charge in [-0.1, -0.05) is 0 Å². The normalized spacial score (nSPS) is 39.8. The van der Waals surface area contributed by atoms with E-state index in [1.165, 1.54) is 58.3 Å². The van der Waals surface area contributed by atoms with Crippen LogP contribution < -0.4 is 5.73 Å². The van der Waals surface area contributed by atoms with E-state index >= 15 is 0 Å². The Labute approximate surface area is 92.6 Å². The van der Waals surface area contributed by atoms with Crippen molar-refractivity contribution in [2.45, 2.75) is 50.2 Å². The predicted molar refractivity (Wildman–Crippen MR) is 61.8 cm³/mol. The Balaban J connectivity index is 1.48. The van der Waals surface area contributed by atoms with Gasteiger partial charge in [-0.3, -0.25) is 9.80 Å². The van der Waals surface area contributed by atoms with Crippen LogP contribution in [0.5, 0.6) is 0 Å².